The van der Waals surface area contributed by atoms with E-state index >= 15 is 0 Å². The van der Waals surface area contributed by atoms with Crippen LogP contribution in [0.25, 0.3) is 0 Å². The van der Waals surface area contributed by atoms with Gasteiger partial charge in [0.1, 0.15) is 5.76 Å². The standard InChI is InChI=1S/C12H17NO/c14-11-6-5-9-3-1-7-13-8-2-4-10(11)12(9)13/h4,6,9,12,14H,1-3,5,7-8H2. The molecule has 0 radical (unpaired) electrons. The van der Waals surface area contributed by atoms with Gasteiger partial charge in [0.05, 0.1) is 0 Å². The third kappa shape index (κ3) is 1.13. The average molecular weight is 191 g/mol. The van der Waals surface area contributed by atoms with Crippen molar-refractivity contribution in [2.75, 3.05) is 13.1 Å². The van der Waals surface area contributed by atoms with Crippen LogP contribution in [0.3, 0.4) is 0 Å². The Kier molecular flexibility index (Phi) is 1.91. The van der Waals surface area contributed by atoms with E-state index in [0.29, 0.717) is 11.8 Å². The van der Waals surface area contributed by atoms with Crippen molar-refractivity contribution in [1.82, 2.24) is 4.90 Å². The maximum atomic E-state index is 9.83. The lowest BCUT2D eigenvalue weighted by atomic mass is 9.76. The smallest absolute Gasteiger partial charge is 0.116 e. The Morgan fingerprint density at radius 2 is 2.21 bits per heavy atom. The van der Waals surface area contributed by atoms with Crippen molar-refractivity contribution in [3.8, 4) is 0 Å². The fourth-order valence-electron chi connectivity index (χ4n) is 3.24. The van der Waals surface area contributed by atoms with Crippen LogP contribution < -0.4 is 0 Å². The third-order valence-corrected chi connectivity index (χ3v) is 3.87. The maximum Gasteiger partial charge on any atom is 0.116 e. The van der Waals surface area contributed by atoms with E-state index in [4.69, 9.17) is 0 Å². The molecule has 1 fully saturated rings. The number of aliphatic hydroxyl groups is 1. The predicted molar refractivity (Wildman–Crippen MR) is 56.1 cm³/mol. The lowest BCUT2D eigenvalue weighted by Crippen LogP contribution is -2.49. The highest BCUT2D eigenvalue weighted by molar-refractivity contribution is 5.36. The topological polar surface area (TPSA) is 23.5 Å². The summed E-state index contributed by atoms with van der Waals surface area (Å²) in [6, 6.07) is 0.544. The van der Waals surface area contributed by atoms with Gasteiger partial charge >= 0.3 is 0 Å². The monoisotopic (exact) mass is 191 g/mol. The van der Waals surface area contributed by atoms with Crippen LogP contribution in [0.15, 0.2) is 23.5 Å². The highest BCUT2D eigenvalue weighted by Gasteiger charge is 2.38. The Labute approximate surface area is 84.9 Å². The molecule has 3 rings (SSSR count). The van der Waals surface area contributed by atoms with Gasteiger partial charge in [-0.2, -0.15) is 0 Å². The van der Waals surface area contributed by atoms with Crippen molar-refractivity contribution < 1.29 is 5.11 Å². The van der Waals surface area contributed by atoms with Crippen LogP contribution in [0, 0.1) is 5.92 Å². The van der Waals surface area contributed by atoms with E-state index in [-0.39, 0.29) is 0 Å². The molecular formula is C12H17NO. The van der Waals surface area contributed by atoms with Crippen molar-refractivity contribution in [2.24, 2.45) is 5.92 Å². The van der Waals surface area contributed by atoms with E-state index in [1.165, 1.54) is 31.5 Å². The number of hydrogen-bond donors (Lipinski definition) is 1. The second kappa shape index (κ2) is 3.13. The highest BCUT2D eigenvalue weighted by Crippen LogP contribution is 2.39. The zero-order valence-corrected chi connectivity index (χ0v) is 8.45. The average Bonchev–Trinajstić information content (AvgIpc) is 2.24. The molecule has 1 aliphatic carbocycles. The van der Waals surface area contributed by atoms with Crippen molar-refractivity contribution in [2.45, 2.75) is 31.7 Å². The molecule has 0 aromatic carbocycles. The molecule has 2 aliphatic heterocycles. The van der Waals surface area contributed by atoms with Crippen molar-refractivity contribution in [3.05, 3.63) is 23.5 Å². The van der Waals surface area contributed by atoms with Crippen LogP contribution in [0.1, 0.15) is 25.7 Å². The van der Waals surface area contributed by atoms with Crippen molar-refractivity contribution in [3.63, 3.8) is 0 Å². The van der Waals surface area contributed by atoms with E-state index in [1.54, 1.807) is 0 Å². The van der Waals surface area contributed by atoms with Gasteiger partial charge in [-0.25, -0.2) is 0 Å². The van der Waals surface area contributed by atoms with E-state index in [2.05, 4.69) is 11.0 Å². The molecule has 2 unspecified atom stereocenters. The van der Waals surface area contributed by atoms with Crippen LogP contribution in [-0.2, 0) is 0 Å². The molecule has 2 heteroatoms. The number of allylic oxidation sites excluding steroid dienone is 1. The van der Waals surface area contributed by atoms with Gasteiger partial charge in [0.2, 0.25) is 0 Å². The molecule has 14 heavy (non-hydrogen) atoms. The molecule has 3 aliphatic rings. The fourth-order valence-corrected chi connectivity index (χ4v) is 3.24. The maximum absolute atomic E-state index is 9.83. The molecule has 2 heterocycles. The van der Waals surface area contributed by atoms with E-state index in [0.717, 1.165) is 18.8 Å². The van der Waals surface area contributed by atoms with Gasteiger partial charge in [0.25, 0.3) is 0 Å². The number of aliphatic hydroxyl groups excluding tert-OH is 1. The summed E-state index contributed by atoms with van der Waals surface area (Å²) in [5.41, 5.74) is 1.22. The van der Waals surface area contributed by atoms with Gasteiger partial charge in [0, 0.05) is 18.2 Å². The Morgan fingerprint density at radius 1 is 1.29 bits per heavy atom. The van der Waals surface area contributed by atoms with Crippen molar-refractivity contribution >= 4 is 0 Å². The molecule has 0 amide bonds. The first-order chi connectivity index (χ1) is 6.86. The molecule has 0 bridgehead atoms. The summed E-state index contributed by atoms with van der Waals surface area (Å²) >= 11 is 0. The summed E-state index contributed by atoms with van der Waals surface area (Å²) in [7, 11) is 0. The normalized spacial score (nSPS) is 37.1. The second-order valence-corrected chi connectivity index (χ2v) is 4.66. The summed E-state index contributed by atoms with van der Waals surface area (Å²) in [5.74, 6) is 1.32. The largest absolute Gasteiger partial charge is 0.508 e. The predicted octanol–water partition coefficient (Wildman–Crippen LogP) is 2.24. The summed E-state index contributed by atoms with van der Waals surface area (Å²) in [5, 5.41) is 9.83. The zero-order chi connectivity index (χ0) is 9.54. The van der Waals surface area contributed by atoms with Gasteiger partial charge < -0.3 is 5.11 Å². The van der Waals surface area contributed by atoms with Crippen LogP contribution in [0.2, 0.25) is 0 Å². The minimum Gasteiger partial charge on any atom is -0.508 e. The molecular weight excluding hydrogens is 174 g/mol. The number of piperidine rings is 1. The van der Waals surface area contributed by atoms with E-state index < -0.39 is 0 Å². The number of nitrogens with zero attached hydrogens (tertiary/aromatic N) is 1. The SMILES string of the molecule is OC1=CCC2CCCN3CCC=C1C23. The molecule has 2 atom stereocenters. The Bertz CT molecular complexity index is 305. The Hall–Kier alpha value is -0.760. The summed E-state index contributed by atoms with van der Waals surface area (Å²) in [6.07, 6.45) is 9.11. The quantitative estimate of drug-likeness (QED) is 0.634. The van der Waals surface area contributed by atoms with Gasteiger partial charge in [-0.05, 0) is 44.2 Å². The van der Waals surface area contributed by atoms with Gasteiger partial charge in [0.15, 0.2) is 0 Å². The minimum atomic E-state index is 0.544. The van der Waals surface area contributed by atoms with Crippen molar-refractivity contribution in [1.29, 1.82) is 0 Å². The summed E-state index contributed by atoms with van der Waals surface area (Å²) < 4.78 is 0. The number of rotatable bonds is 0. The molecule has 1 N–H and O–H groups in total. The fraction of sp³-hybridized carbons (Fsp3) is 0.667. The van der Waals surface area contributed by atoms with Crippen LogP contribution >= 0.6 is 0 Å². The third-order valence-electron chi connectivity index (χ3n) is 3.87. The molecule has 1 saturated heterocycles. The lowest BCUT2D eigenvalue weighted by Gasteiger charge is -2.46. The Morgan fingerprint density at radius 3 is 3.14 bits per heavy atom. The lowest BCUT2D eigenvalue weighted by molar-refractivity contribution is 0.102. The molecule has 0 spiro atoms. The van der Waals surface area contributed by atoms with Gasteiger partial charge in [-0.15, -0.1) is 0 Å². The van der Waals surface area contributed by atoms with E-state index in [1.807, 2.05) is 6.08 Å². The highest BCUT2D eigenvalue weighted by atomic mass is 16.3. The summed E-state index contributed by atoms with van der Waals surface area (Å²) in [6.45, 7) is 2.42. The first kappa shape index (κ1) is 8.54. The molecule has 0 aromatic rings. The minimum absolute atomic E-state index is 0.544. The Balaban J connectivity index is 2.00. The first-order valence-electron chi connectivity index (χ1n) is 5.70. The van der Waals surface area contributed by atoms with Crippen LogP contribution in [0.5, 0.6) is 0 Å². The second-order valence-electron chi connectivity index (χ2n) is 4.66. The molecule has 2 nitrogen and oxygen atoms in total. The molecule has 76 valence electrons. The van der Waals surface area contributed by atoms with Crippen LogP contribution in [0.4, 0.5) is 0 Å². The van der Waals surface area contributed by atoms with Crippen LogP contribution in [-0.4, -0.2) is 29.1 Å². The molecule has 0 saturated carbocycles. The van der Waals surface area contributed by atoms with Gasteiger partial charge in [-0.3, -0.25) is 4.90 Å². The van der Waals surface area contributed by atoms with E-state index in [9.17, 15) is 5.11 Å². The summed E-state index contributed by atoms with van der Waals surface area (Å²) in [4.78, 5) is 2.56. The van der Waals surface area contributed by atoms with Gasteiger partial charge in [-0.1, -0.05) is 6.08 Å². The molecule has 0 aromatic heterocycles. The first-order valence-corrected chi connectivity index (χ1v) is 5.70. The zero-order valence-electron chi connectivity index (χ0n) is 8.45. The number of hydrogen-bond acceptors (Lipinski definition) is 2.